The molecule has 0 N–H and O–H groups in total. The quantitative estimate of drug-likeness (QED) is 0.602. The summed E-state index contributed by atoms with van der Waals surface area (Å²) in [5.41, 5.74) is -0.133. The Morgan fingerprint density at radius 1 is 1.22 bits per heavy atom. The molecule has 1 heterocycles. The summed E-state index contributed by atoms with van der Waals surface area (Å²) in [6.45, 7) is 0. The SMILES string of the molecule is O=c1c2cccc([N+](=O)[O-])c2ccn1C1CCC1. The van der Waals surface area contributed by atoms with E-state index in [2.05, 4.69) is 0 Å². The Morgan fingerprint density at radius 2 is 2.00 bits per heavy atom. The molecular weight excluding hydrogens is 232 g/mol. The van der Waals surface area contributed by atoms with Crippen molar-refractivity contribution in [1.82, 2.24) is 4.57 Å². The number of aromatic nitrogens is 1. The van der Waals surface area contributed by atoms with Gasteiger partial charge in [0.25, 0.3) is 11.2 Å². The third kappa shape index (κ3) is 1.51. The molecule has 5 heteroatoms. The van der Waals surface area contributed by atoms with E-state index in [9.17, 15) is 14.9 Å². The molecule has 1 fully saturated rings. The Balaban J connectivity index is 2.27. The summed E-state index contributed by atoms with van der Waals surface area (Å²) in [6, 6.07) is 6.58. The van der Waals surface area contributed by atoms with Crippen molar-refractivity contribution >= 4 is 16.5 Å². The molecule has 1 saturated carbocycles. The zero-order chi connectivity index (χ0) is 12.7. The fraction of sp³-hybridized carbons (Fsp3) is 0.308. The van der Waals surface area contributed by atoms with E-state index in [0.29, 0.717) is 10.8 Å². The Kier molecular flexibility index (Phi) is 2.40. The number of rotatable bonds is 2. The molecule has 0 amide bonds. The van der Waals surface area contributed by atoms with Crippen LogP contribution < -0.4 is 5.56 Å². The molecule has 0 radical (unpaired) electrons. The third-order valence-corrected chi connectivity index (χ3v) is 3.61. The number of nitro benzene ring substituents is 1. The number of hydrogen-bond acceptors (Lipinski definition) is 3. The minimum Gasteiger partial charge on any atom is -0.312 e. The summed E-state index contributed by atoms with van der Waals surface area (Å²) in [4.78, 5) is 22.7. The van der Waals surface area contributed by atoms with E-state index in [0.717, 1.165) is 19.3 Å². The molecule has 0 aliphatic heterocycles. The van der Waals surface area contributed by atoms with E-state index < -0.39 is 4.92 Å². The minimum absolute atomic E-state index is 0.00893. The molecule has 5 nitrogen and oxygen atoms in total. The minimum atomic E-state index is -0.449. The van der Waals surface area contributed by atoms with Gasteiger partial charge in [-0.05, 0) is 31.4 Å². The van der Waals surface area contributed by atoms with Crippen LogP contribution in [0.1, 0.15) is 25.3 Å². The van der Waals surface area contributed by atoms with Gasteiger partial charge in [-0.1, -0.05) is 6.07 Å². The maximum absolute atomic E-state index is 12.3. The highest BCUT2D eigenvalue weighted by Gasteiger charge is 2.22. The predicted octanol–water partition coefficient (Wildman–Crippen LogP) is 2.63. The van der Waals surface area contributed by atoms with Gasteiger partial charge in [-0.2, -0.15) is 0 Å². The average molecular weight is 244 g/mol. The monoisotopic (exact) mass is 244 g/mol. The molecule has 1 aromatic carbocycles. The van der Waals surface area contributed by atoms with Gasteiger partial charge in [-0.3, -0.25) is 14.9 Å². The fourth-order valence-corrected chi connectivity index (χ4v) is 2.39. The maximum atomic E-state index is 12.3. The number of pyridine rings is 1. The Bertz CT molecular complexity index is 686. The molecule has 18 heavy (non-hydrogen) atoms. The summed E-state index contributed by atoms with van der Waals surface area (Å²) in [5, 5.41) is 11.8. The van der Waals surface area contributed by atoms with Crippen molar-refractivity contribution in [2.45, 2.75) is 25.3 Å². The van der Waals surface area contributed by atoms with Crippen LogP contribution in [0.15, 0.2) is 35.3 Å². The number of nitrogens with zero attached hydrogens (tertiary/aromatic N) is 2. The first-order valence-electron chi connectivity index (χ1n) is 5.97. The lowest BCUT2D eigenvalue weighted by Gasteiger charge is -2.27. The fourth-order valence-electron chi connectivity index (χ4n) is 2.39. The van der Waals surface area contributed by atoms with Crippen LogP contribution in [0.25, 0.3) is 10.8 Å². The molecule has 1 aromatic heterocycles. The van der Waals surface area contributed by atoms with E-state index in [1.54, 1.807) is 29.0 Å². The van der Waals surface area contributed by atoms with Crippen molar-refractivity contribution in [3.63, 3.8) is 0 Å². The lowest BCUT2D eigenvalue weighted by atomic mass is 9.92. The van der Waals surface area contributed by atoms with Gasteiger partial charge in [-0.15, -0.1) is 0 Å². The first kappa shape index (κ1) is 11.0. The van der Waals surface area contributed by atoms with Crippen LogP contribution >= 0.6 is 0 Å². The van der Waals surface area contributed by atoms with Crippen molar-refractivity contribution in [3.05, 3.63) is 50.9 Å². The highest BCUT2D eigenvalue weighted by atomic mass is 16.6. The van der Waals surface area contributed by atoms with Gasteiger partial charge in [-0.25, -0.2) is 0 Å². The van der Waals surface area contributed by atoms with Crippen LogP contribution in [0.3, 0.4) is 0 Å². The number of non-ortho nitro benzene ring substituents is 1. The van der Waals surface area contributed by atoms with Crippen LogP contribution in [0, 0.1) is 10.1 Å². The molecule has 1 aliphatic carbocycles. The molecular formula is C13H12N2O3. The van der Waals surface area contributed by atoms with E-state index in [1.807, 2.05) is 0 Å². The van der Waals surface area contributed by atoms with Gasteiger partial charge in [0.2, 0.25) is 0 Å². The first-order chi connectivity index (χ1) is 8.68. The second-order valence-electron chi connectivity index (χ2n) is 4.61. The Labute approximate surface area is 103 Å². The van der Waals surface area contributed by atoms with Crippen LogP contribution in [0.5, 0.6) is 0 Å². The number of benzene rings is 1. The van der Waals surface area contributed by atoms with Crippen molar-refractivity contribution in [3.8, 4) is 0 Å². The molecule has 1 aliphatic rings. The molecule has 0 bridgehead atoms. The van der Waals surface area contributed by atoms with Crippen molar-refractivity contribution in [2.75, 3.05) is 0 Å². The number of fused-ring (bicyclic) bond motifs is 1. The first-order valence-corrected chi connectivity index (χ1v) is 5.97. The highest BCUT2D eigenvalue weighted by molar-refractivity contribution is 5.89. The number of nitro groups is 1. The summed E-state index contributed by atoms with van der Waals surface area (Å²) >= 11 is 0. The summed E-state index contributed by atoms with van der Waals surface area (Å²) in [5.74, 6) is 0. The topological polar surface area (TPSA) is 65.1 Å². The second kappa shape index (κ2) is 3.94. The van der Waals surface area contributed by atoms with Crippen LogP contribution in [-0.4, -0.2) is 9.49 Å². The highest BCUT2D eigenvalue weighted by Crippen LogP contribution is 2.31. The van der Waals surface area contributed by atoms with Crippen LogP contribution in [-0.2, 0) is 0 Å². The van der Waals surface area contributed by atoms with E-state index in [4.69, 9.17) is 0 Å². The lowest BCUT2D eigenvalue weighted by molar-refractivity contribution is -0.383. The molecule has 3 rings (SSSR count). The van der Waals surface area contributed by atoms with Crippen LogP contribution in [0.4, 0.5) is 5.69 Å². The predicted molar refractivity (Wildman–Crippen MR) is 67.8 cm³/mol. The van der Waals surface area contributed by atoms with Gasteiger partial charge >= 0.3 is 0 Å². The van der Waals surface area contributed by atoms with E-state index in [1.165, 1.54) is 6.07 Å². The van der Waals surface area contributed by atoms with E-state index in [-0.39, 0.29) is 17.3 Å². The molecule has 0 saturated heterocycles. The molecule has 0 atom stereocenters. The molecule has 2 aromatic rings. The van der Waals surface area contributed by atoms with E-state index >= 15 is 0 Å². The third-order valence-electron chi connectivity index (χ3n) is 3.61. The van der Waals surface area contributed by atoms with Gasteiger partial charge in [0.1, 0.15) is 0 Å². The van der Waals surface area contributed by atoms with Gasteiger partial charge in [0.15, 0.2) is 0 Å². The molecule has 92 valence electrons. The van der Waals surface area contributed by atoms with Crippen molar-refractivity contribution < 1.29 is 4.92 Å². The van der Waals surface area contributed by atoms with Gasteiger partial charge in [0, 0.05) is 18.3 Å². The Hall–Kier alpha value is -2.17. The van der Waals surface area contributed by atoms with Crippen LogP contribution in [0.2, 0.25) is 0 Å². The molecule has 0 unspecified atom stereocenters. The number of hydrogen-bond donors (Lipinski definition) is 0. The summed E-state index contributed by atoms with van der Waals surface area (Å²) in [7, 11) is 0. The average Bonchev–Trinajstić information content (AvgIpc) is 2.29. The smallest absolute Gasteiger partial charge is 0.277 e. The Morgan fingerprint density at radius 3 is 2.61 bits per heavy atom. The lowest BCUT2D eigenvalue weighted by Crippen LogP contribution is -2.28. The normalized spacial score (nSPS) is 15.6. The summed E-state index contributed by atoms with van der Waals surface area (Å²) < 4.78 is 1.70. The van der Waals surface area contributed by atoms with Gasteiger partial charge in [0.05, 0.1) is 15.7 Å². The molecule has 0 spiro atoms. The zero-order valence-corrected chi connectivity index (χ0v) is 9.70. The summed E-state index contributed by atoms with van der Waals surface area (Å²) in [6.07, 6.45) is 4.85. The van der Waals surface area contributed by atoms with Crippen molar-refractivity contribution in [2.24, 2.45) is 0 Å². The zero-order valence-electron chi connectivity index (χ0n) is 9.70. The standard InChI is InChI=1S/C13H12N2O3/c16-13-11-5-2-6-12(15(17)18)10(11)7-8-14(13)9-3-1-4-9/h2,5-9H,1,3-4H2. The van der Waals surface area contributed by atoms with Gasteiger partial charge < -0.3 is 4.57 Å². The second-order valence-corrected chi connectivity index (χ2v) is 4.61. The largest absolute Gasteiger partial charge is 0.312 e. The maximum Gasteiger partial charge on any atom is 0.277 e. The van der Waals surface area contributed by atoms with Crippen molar-refractivity contribution in [1.29, 1.82) is 0 Å².